The fourth-order valence-corrected chi connectivity index (χ4v) is 8.22. The highest BCUT2D eigenvalue weighted by Gasteiger charge is 2.19. The summed E-state index contributed by atoms with van der Waals surface area (Å²) in [6, 6.07) is 0. The summed E-state index contributed by atoms with van der Waals surface area (Å²) >= 11 is 0. The molecule has 0 spiro atoms. The first-order chi connectivity index (χ1) is 33.0. The van der Waals surface area contributed by atoms with Crippen LogP contribution in [0.4, 0.5) is 0 Å². The van der Waals surface area contributed by atoms with Gasteiger partial charge in [-0.3, -0.25) is 14.4 Å². The average Bonchev–Trinajstić information content (AvgIpc) is 3.33. The zero-order valence-electron chi connectivity index (χ0n) is 44.4. The SMILES string of the molecule is CC/C=C\C/C=C\C/C=C\C/C=C\CCC(=O)OC(COC(=O)CCCCCCCCC)COC(=O)CCCCCCCCCCCCCCCCCCC/C=C\CCCCCCCCCC. The van der Waals surface area contributed by atoms with Gasteiger partial charge in [-0.05, 0) is 70.6 Å². The van der Waals surface area contributed by atoms with Crippen molar-refractivity contribution in [3.05, 3.63) is 60.8 Å². The summed E-state index contributed by atoms with van der Waals surface area (Å²) in [5, 5.41) is 0. The second-order valence-electron chi connectivity index (χ2n) is 19.2. The molecule has 0 aromatic carbocycles. The number of ether oxygens (including phenoxy) is 3. The molecule has 0 rings (SSSR count). The summed E-state index contributed by atoms with van der Waals surface area (Å²) in [6.07, 6.45) is 69.9. The van der Waals surface area contributed by atoms with Gasteiger partial charge in [-0.25, -0.2) is 0 Å². The molecule has 0 fully saturated rings. The lowest BCUT2D eigenvalue weighted by molar-refractivity contribution is -0.166. The molecular formula is C61H108O6. The molecule has 0 aliphatic carbocycles. The van der Waals surface area contributed by atoms with Crippen LogP contribution in [0.25, 0.3) is 0 Å². The van der Waals surface area contributed by atoms with E-state index in [4.69, 9.17) is 14.2 Å². The normalized spacial score (nSPS) is 12.5. The van der Waals surface area contributed by atoms with Crippen LogP contribution < -0.4 is 0 Å². The van der Waals surface area contributed by atoms with Gasteiger partial charge in [0.15, 0.2) is 6.10 Å². The average molecular weight is 938 g/mol. The van der Waals surface area contributed by atoms with Crippen LogP contribution in [-0.4, -0.2) is 37.2 Å². The van der Waals surface area contributed by atoms with E-state index in [1.807, 2.05) is 12.2 Å². The van der Waals surface area contributed by atoms with E-state index in [2.05, 4.69) is 69.4 Å². The van der Waals surface area contributed by atoms with Gasteiger partial charge < -0.3 is 14.2 Å². The summed E-state index contributed by atoms with van der Waals surface area (Å²) in [6.45, 7) is 6.43. The van der Waals surface area contributed by atoms with E-state index < -0.39 is 6.10 Å². The lowest BCUT2D eigenvalue weighted by atomic mass is 10.0. The van der Waals surface area contributed by atoms with Crippen LogP contribution in [0.3, 0.4) is 0 Å². The summed E-state index contributed by atoms with van der Waals surface area (Å²) < 4.78 is 16.7. The first-order valence-corrected chi connectivity index (χ1v) is 28.8. The molecule has 1 unspecified atom stereocenters. The van der Waals surface area contributed by atoms with Gasteiger partial charge in [0.2, 0.25) is 0 Å². The molecule has 0 saturated carbocycles. The van der Waals surface area contributed by atoms with Gasteiger partial charge in [-0.15, -0.1) is 0 Å². The van der Waals surface area contributed by atoms with Gasteiger partial charge in [0.05, 0.1) is 0 Å². The predicted molar refractivity (Wildman–Crippen MR) is 288 cm³/mol. The van der Waals surface area contributed by atoms with Gasteiger partial charge in [0, 0.05) is 19.3 Å². The zero-order valence-corrected chi connectivity index (χ0v) is 44.4. The minimum Gasteiger partial charge on any atom is -0.462 e. The quantitative estimate of drug-likeness (QED) is 0.0262. The fourth-order valence-electron chi connectivity index (χ4n) is 8.22. The van der Waals surface area contributed by atoms with Crippen LogP contribution in [0.2, 0.25) is 0 Å². The van der Waals surface area contributed by atoms with Crippen LogP contribution in [0.5, 0.6) is 0 Å². The van der Waals surface area contributed by atoms with Crippen molar-refractivity contribution in [3.8, 4) is 0 Å². The minimum absolute atomic E-state index is 0.100. The molecule has 6 nitrogen and oxygen atoms in total. The van der Waals surface area contributed by atoms with Gasteiger partial charge in [-0.2, -0.15) is 0 Å². The summed E-state index contributed by atoms with van der Waals surface area (Å²) in [7, 11) is 0. The van der Waals surface area contributed by atoms with Crippen molar-refractivity contribution in [1.82, 2.24) is 0 Å². The topological polar surface area (TPSA) is 78.9 Å². The predicted octanol–water partition coefficient (Wildman–Crippen LogP) is 19.2. The third-order valence-corrected chi connectivity index (χ3v) is 12.5. The highest BCUT2D eigenvalue weighted by molar-refractivity contribution is 5.71. The number of unbranched alkanes of at least 4 members (excludes halogenated alkanes) is 31. The lowest BCUT2D eigenvalue weighted by Gasteiger charge is -2.18. The molecule has 0 bridgehead atoms. The van der Waals surface area contributed by atoms with Crippen molar-refractivity contribution in [1.29, 1.82) is 0 Å². The number of rotatable bonds is 52. The number of hydrogen-bond donors (Lipinski definition) is 0. The van der Waals surface area contributed by atoms with Crippen LogP contribution in [0, 0.1) is 0 Å². The number of hydrogen-bond acceptors (Lipinski definition) is 6. The third-order valence-electron chi connectivity index (χ3n) is 12.5. The Morgan fingerprint density at radius 2 is 0.612 bits per heavy atom. The maximum Gasteiger partial charge on any atom is 0.306 e. The van der Waals surface area contributed by atoms with Crippen molar-refractivity contribution in [2.75, 3.05) is 13.2 Å². The molecular weight excluding hydrogens is 829 g/mol. The van der Waals surface area contributed by atoms with Crippen molar-refractivity contribution in [2.24, 2.45) is 0 Å². The maximum atomic E-state index is 12.7. The Kier molecular flexibility index (Phi) is 53.3. The lowest BCUT2D eigenvalue weighted by Crippen LogP contribution is -2.30. The van der Waals surface area contributed by atoms with Gasteiger partial charge in [-0.1, -0.05) is 261 Å². The molecule has 388 valence electrons. The molecule has 0 radical (unpaired) electrons. The Balaban J connectivity index is 4.06. The first-order valence-electron chi connectivity index (χ1n) is 28.8. The van der Waals surface area contributed by atoms with Crippen LogP contribution in [0.1, 0.15) is 290 Å². The largest absolute Gasteiger partial charge is 0.462 e. The Morgan fingerprint density at radius 1 is 0.313 bits per heavy atom. The smallest absolute Gasteiger partial charge is 0.306 e. The summed E-state index contributed by atoms with van der Waals surface area (Å²) in [4.78, 5) is 37.8. The van der Waals surface area contributed by atoms with Crippen LogP contribution in [-0.2, 0) is 28.6 Å². The van der Waals surface area contributed by atoms with E-state index in [-0.39, 0.29) is 37.5 Å². The highest BCUT2D eigenvalue weighted by atomic mass is 16.6. The van der Waals surface area contributed by atoms with E-state index in [0.717, 1.165) is 64.2 Å². The molecule has 0 aliphatic rings. The molecule has 6 heteroatoms. The van der Waals surface area contributed by atoms with E-state index in [9.17, 15) is 14.4 Å². The van der Waals surface area contributed by atoms with Crippen LogP contribution >= 0.6 is 0 Å². The maximum absolute atomic E-state index is 12.7. The second-order valence-corrected chi connectivity index (χ2v) is 19.2. The zero-order chi connectivity index (χ0) is 48.6. The molecule has 0 aliphatic heterocycles. The van der Waals surface area contributed by atoms with E-state index in [1.54, 1.807) is 0 Å². The third kappa shape index (κ3) is 53.9. The summed E-state index contributed by atoms with van der Waals surface area (Å²) in [5.74, 6) is -0.982. The molecule has 0 amide bonds. The molecule has 0 heterocycles. The molecule has 0 N–H and O–H groups in total. The highest BCUT2D eigenvalue weighted by Crippen LogP contribution is 2.16. The number of allylic oxidation sites excluding steroid dienone is 10. The van der Waals surface area contributed by atoms with Crippen molar-refractivity contribution in [2.45, 2.75) is 297 Å². The van der Waals surface area contributed by atoms with Crippen molar-refractivity contribution >= 4 is 17.9 Å². The second kappa shape index (κ2) is 55.7. The summed E-state index contributed by atoms with van der Waals surface area (Å²) in [5.41, 5.74) is 0. The van der Waals surface area contributed by atoms with E-state index in [0.29, 0.717) is 19.3 Å². The number of carbonyl (C=O) groups excluding carboxylic acids is 3. The monoisotopic (exact) mass is 937 g/mol. The van der Waals surface area contributed by atoms with E-state index in [1.165, 1.54) is 180 Å². The molecule has 0 aromatic heterocycles. The first kappa shape index (κ1) is 64.1. The van der Waals surface area contributed by atoms with Crippen LogP contribution in [0.15, 0.2) is 60.8 Å². The minimum atomic E-state index is -0.807. The standard InChI is InChI=1S/C61H108O6/c1-4-7-10-13-16-18-20-22-23-24-25-26-27-28-29-30-31-32-33-34-35-36-37-39-40-42-45-48-51-54-60(63)66-57-58(56-65-59(62)53-50-47-44-15-12-9-6-3)67-61(64)55-52-49-46-43-41-38-21-19-17-14-11-8-5-2/h8,11,17,19,24-25,38,41,46,49,58H,4-7,9-10,12-16,18,20-23,26-37,39-40,42-45,47-48,50-57H2,1-3H3/b11-8-,19-17-,25-24-,41-38-,49-46-. The molecule has 0 aromatic rings. The molecule has 1 atom stereocenters. The van der Waals surface area contributed by atoms with Crippen molar-refractivity contribution in [3.63, 3.8) is 0 Å². The molecule has 67 heavy (non-hydrogen) atoms. The number of carbonyl (C=O) groups is 3. The van der Waals surface area contributed by atoms with E-state index >= 15 is 0 Å². The van der Waals surface area contributed by atoms with Gasteiger partial charge in [0.1, 0.15) is 13.2 Å². The number of esters is 3. The fraction of sp³-hybridized carbons (Fsp3) is 0.787. The Morgan fingerprint density at radius 3 is 0.970 bits per heavy atom. The molecule has 0 saturated heterocycles. The van der Waals surface area contributed by atoms with Gasteiger partial charge >= 0.3 is 17.9 Å². The Hall–Kier alpha value is -2.89. The van der Waals surface area contributed by atoms with Gasteiger partial charge in [0.25, 0.3) is 0 Å². The Bertz CT molecular complexity index is 1210. The Labute approximate surface area is 415 Å². The van der Waals surface area contributed by atoms with Crippen molar-refractivity contribution < 1.29 is 28.6 Å².